The number of fused-ring (bicyclic) bond motifs is 1. The zero-order valence-electron chi connectivity index (χ0n) is 15.3. The van der Waals surface area contributed by atoms with Gasteiger partial charge < -0.3 is 30.9 Å². The zero-order valence-corrected chi connectivity index (χ0v) is 20.9. The number of nitrogens with two attached hydrogens (primary N) is 1. The summed E-state index contributed by atoms with van der Waals surface area (Å²) in [5, 5.41) is 27.1. The van der Waals surface area contributed by atoms with Crippen molar-refractivity contribution in [1.29, 1.82) is 0 Å². The van der Waals surface area contributed by atoms with Gasteiger partial charge in [0, 0.05) is 23.1 Å². The summed E-state index contributed by atoms with van der Waals surface area (Å²) in [5.41, 5.74) is 4.96. The Hall–Kier alpha value is -0.654. The molecule has 1 aromatic rings. The van der Waals surface area contributed by atoms with Gasteiger partial charge in [-0.25, -0.2) is 4.98 Å². The smallest absolute Gasteiger partial charge is 0.543 e. The molecule has 2 aliphatic heterocycles. The summed E-state index contributed by atoms with van der Waals surface area (Å²) in [4.78, 5) is 41.9. The van der Waals surface area contributed by atoms with Crippen molar-refractivity contribution < 1.29 is 80.8 Å². The monoisotopic (exact) mass is 483 g/mol. The van der Waals surface area contributed by atoms with E-state index in [1.165, 1.54) is 24.3 Å². The molecule has 0 aromatic carbocycles. The Labute approximate surface area is 219 Å². The van der Waals surface area contributed by atoms with E-state index >= 15 is 0 Å². The summed E-state index contributed by atoms with van der Waals surface area (Å²) in [7, 11) is 1.47. The molecule has 1 fully saturated rings. The Balaban J connectivity index is 0.00000300. The quantitative estimate of drug-likeness (QED) is 0.0859. The molecule has 11 nitrogen and oxygen atoms in total. The number of nitrogens with zero attached hydrogens (tertiary/aromatic N) is 3. The van der Waals surface area contributed by atoms with Crippen LogP contribution in [0, 0.1) is 0 Å². The maximum Gasteiger partial charge on any atom is 1.00 e. The van der Waals surface area contributed by atoms with Gasteiger partial charge in [0.25, 0.3) is 11.8 Å². The molecule has 4 N–H and O–H groups in total. The third-order valence-electron chi connectivity index (χ3n) is 3.84. The number of amides is 2. The molecule has 0 radical (unpaired) electrons. The Bertz CT molecular complexity index is 891. The standard InChI is InChI=1S/C14H15N5O6S3.K/c1-25-4-28-6-3-26-12-8(11(21)19(12)9(6)13(22)23)17-10(20)7(18-24)5-2-27-14(15)16-5;/h2,8,12,24H,3-4H2,1H3,(H2,15,16)(H,17,20)(H,22,23);/q;+1/p-1/b18-7-;. The van der Waals surface area contributed by atoms with Gasteiger partial charge >= 0.3 is 51.4 Å². The van der Waals surface area contributed by atoms with Gasteiger partial charge in [0.15, 0.2) is 10.8 Å². The molecule has 15 heteroatoms. The van der Waals surface area contributed by atoms with Crippen LogP contribution in [0.25, 0.3) is 0 Å². The van der Waals surface area contributed by atoms with Crippen LogP contribution in [-0.2, 0) is 19.1 Å². The Morgan fingerprint density at radius 3 is 2.86 bits per heavy atom. The molecule has 2 amide bonds. The number of rotatable bonds is 7. The Morgan fingerprint density at radius 2 is 2.31 bits per heavy atom. The summed E-state index contributed by atoms with van der Waals surface area (Å²) >= 11 is 3.51. The predicted octanol–water partition coefficient (Wildman–Crippen LogP) is -4.39. The number of carbonyl (C=O) groups is 3. The molecule has 2 unspecified atom stereocenters. The van der Waals surface area contributed by atoms with Gasteiger partial charge in [0.1, 0.15) is 17.1 Å². The van der Waals surface area contributed by atoms with Crippen molar-refractivity contribution in [2.75, 3.05) is 24.5 Å². The van der Waals surface area contributed by atoms with Gasteiger partial charge in [0.2, 0.25) is 0 Å². The second-order valence-electron chi connectivity index (χ2n) is 5.49. The van der Waals surface area contributed by atoms with E-state index in [1.807, 2.05) is 0 Å². The molecule has 150 valence electrons. The number of methoxy groups -OCH3 is 1. The number of nitrogens with one attached hydrogen (secondary N) is 1. The molecule has 3 rings (SSSR count). The molecular formula is C14H14KN5O6S3. The van der Waals surface area contributed by atoms with E-state index in [4.69, 9.17) is 15.7 Å². The third kappa shape index (κ3) is 4.99. The molecule has 0 bridgehead atoms. The van der Waals surface area contributed by atoms with Crippen LogP contribution < -0.4 is 67.5 Å². The molecule has 29 heavy (non-hydrogen) atoms. The minimum absolute atomic E-state index is 0. The van der Waals surface area contributed by atoms with Crippen molar-refractivity contribution >= 4 is 63.5 Å². The average molecular weight is 484 g/mol. The predicted molar refractivity (Wildman–Crippen MR) is 101 cm³/mol. The first kappa shape index (κ1) is 24.6. The number of nitrogen functional groups attached to an aromatic ring is 1. The first-order valence-corrected chi connectivity index (χ1v) is 10.6. The summed E-state index contributed by atoms with van der Waals surface area (Å²) in [5.74, 6) is -2.35. The van der Waals surface area contributed by atoms with Gasteiger partial charge in [-0.05, 0) is 0 Å². The number of oxime groups is 1. The molecule has 2 aliphatic rings. The number of aliphatic carboxylic acids is 1. The van der Waals surface area contributed by atoms with Gasteiger partial charge in [-0.2, -0.15) is 0 Å². The van der Waals surface area contributed by atoms with Crippen LogP contribution in [0.1, 0.15) is 5.69 Å². The number of β-lactam (4-membered cyclic amide) rings is 1. The minimum Gasteiger partial charge on any atom is -0.543 e. The minimum atomic E-state index is -1.47. The van der Waals surface area contributed by atoms with Crippen molar-refractivity contribution in [3.63, 3.8) is 0 Å². The van der Waals surface area contributed by atoms with Crippen LogP contribution in [-0.4, -0.2) is 68.8 Å². The summed E-state index contributed by atoms with van der Waals surface area (Å²) < 4.78 is 4.93. The first-order chi connectivity index (χ1) is 13.4. The summed E-state index contributed by atoms with van der Waals surface area (Å²) in [6, 6.07) is -0.978. The van der Waals surface area contributed by atoms with Crippen molar-refractivity contribution in [1.82, 2.24) is 15.2 Å². The number of hydrogen-bond acceptors (Lipinski definition) is 12. The SMILES string of the molecule is COCSC1=C(C(=O)[O-])N2C(=O)C(NC(=O)/C(=N\O)c3csc(N)n3)C2SC1.[K+]. The van der Waals surface area contributed by atoms with E-state index in [0.717, 1.165) is 28.0 Å². The second-order valence-corrected chi connectivity index (χ2v) is 8.50. The molecule has 0 aliphatic carbocycles. The summed E-state index contributed by atoms with van der Waals surface area (Å²) in [6.07, 6.45) is 0. The van der Waals surface area contributed by atoms with Crippen LogP contribution in [0.3, 0.4) is 0 Å². The van der Waals surface area contributed by atoms with Crippen LogP contribution in [0.2, 0.25) is 0 Å². The molecule has 1 aromatic heterocycles. The van der Waals surface area contributed by atoms with Crippen molar-refractivity contribution in [2.45, 2.75) is 11.4 Å². The topological polar surface area (TPSA) is 170 Å². The van der Waals surface area contributed by atoms with E-state index < -0.39 is 34.9 Å². The third-order valence-corrected chi connectivity index (χ3v) is 7.02. The van der Waals surface area contributed by atoms with E-state index in [-0.39, 0.29) is 73.8 Å². The van der Waals surface area contributed by atoms with Crippen molar-refractivity contribution in [3.8, 4) is 0 Å². The number of ether oxygens (including phenoxy) is 1. The van der Waals surface area contributed by atoms with Crippen LogP contribution in [0.15, 0.2) is 21.1 Å². The number of carboxylic acids is 1. The van der Waals surface area contributed by atoms with E-state index in [0.29, 0.717) is 10.7 Å². The number of carboxylic acid groups (broad SMARTS) is 1. The Morgan fingerprint density at radius 1 is 1.59 bits per heavy atom. The molecule has 0 saturated carbocycles. The fourth-order valence-corrected chi connectivity index (χ4v) is 5.50. The van der Waals surface area contributed by atoms with E-state index in [9.17, 15) is 19.5 Å². The van der Waals surface area contributed by atoms with Gasteiger partial charge in [-0.1, -0.05) is 16.9 Å². The maximum absolute atomic E-state index is 12.5. The molecule has 0 spiro atoms. The number of hydrogen-bond donors (Lipinski definition) is 3. The number of thiazole rings is 1. The van der Waals surface area contributed by atoms with Gasteiger partial charge in [-0.15, -0.1) is 23.1 Å². The number of anilines is 1. The number of thioether (sulfide) groups is 2. The first-order valence-electron chi connectivity index (χ1n) is 7.64. The summed E-state index contributed by atoms with van der Waals surface area (Å²) in [6.45, 7) is 0. The van der Waals surface area contributed by atoms with E-state index in [2.05, 4.69) is 15.5 Å². The number of carbonyl (C=O) groups excluding carboxylic acids is 3. The van der Waals surface area contributed by atoms with Crippen molar-refractivity contribution in [3.05, 3.63) is 21.7 Å². The fourth-order valence-electron chi connectivity index (χ4n) is 2.64. The molecule has 3 heterocycles. The zero-order chi connectivity index (χ0) is 20.4. The molecule has 1 saturated heterocycles. The van der Waals surface area contributed by atoms with Crippen LogP contribution >= 0.6 is 34.9 Å². The van der Waals surface area contributed by atoms with Crippen LogP contribution in [0.4, 0.5) is 5.13 Å². The largest absolute Gasteiger partial charge is 1.00 e. The molecular weight excluding hydrogens is 469 g/mol. The normalized spacial score (nSPS) is 21.2. The van der Waals surface area contributed by atoms with Crippen molar-refractivity contribution in [2.24, 2.45) is 5.16 Å². The molecule has 2 atom stereocenters. The second kappa shape index (κ2) is 10.6. The maximum atomic E-state index is 12.5. The van der Waals surface area contributed by atoms with Gasteiger partial charge in [-0.3, -0.25) is 14.5 Å². The number of aromatic nitrogens is 1. The average Bonchev–Trinajstić information content (AvgIpc) is 3.09. The Kier molecular flexibility index (Phi) is 8.98. The van der Waals surface area contributed by atoms with E-state index in [1.54, 1.807) is 0 Å². The van der Waals surface area contributed by atoms with Gasteiger partial charge in [0.05, 0.1) is 17.6 Å². The fraction of sp³-hybridized carbons (Fsp3) is 0.357. The van der Waals surface area contributed by atoms with Crippen LogP contribution in [0.5, 0.6) is 0 Å².